The quantitative estimate of drug-likeness (QED) is 0.863. The predicted molar refractivity (Wildman–Crippen MR) is 105 cm³/mol. The van der Waals surface area contributed by atoms with Gasteiger partial charge in [-0.1, -0.05) is 25.3 Å². The zero-order valence-electron chi connectivity index (χ0n) is 15.3. The van der Waals surface area contributed by atoms with Crippen LogP contribution in [0.5, 0.6) is 0 Å². The van der Waals surface area contributed by atoms with E-state index in [-0.39, 0.29) is 23.8 Å². The number of rotatable bonds is 4. The molecule has 1 N–H and O–H groups in total. The Kier molecular flexibility index (Phi) is 5.48. The van der Waals surface area contributed by atoms with E-state index in [0.717, 1.165) is 50.8 Å². The molecule has 2 fully saturated rings. The maximum atomic E-state index is 13.0. The van der Waals surface area contributed by atoms with Gasteiger partial charge in [0.05, 0.1) is 11.7 Å². The molecule has 6 nitrogen and oxygen atoms in total. The molecule has 2 aliphatic rings. The molecule has 0 bridgehead atoms. The standard InChI is InChI=1S/C20H24N4O2S/c25-18(23-20-21-11-13-27-20)16-9-4-8-15(22-16)17-10-5-12-24(17)19(26)14-6-2-1-3-7-14/h4,8-9,11,13-14,17H,1-3,5-7,10,12H2,(H,21,23,25)/t17-/m1/s1. The summed E-state index contributed by atoms with van der Waals surface area (Å²) in [5.41, 5.74) is 1.17. The van der Waals surface area contributed by atoms with Crippen LogP contribution >= 0.6 is 11.3 Å². The second-order valence-corrected chi connectivity index (χ2v) is 8.16. The number of pyridine rings is 1. The number of likely N-dealkylation sites (tertiary alicyclic amines) is 1. The lowest BCUT2D eigenvalue weighted by atomic mass is 9.88. The van der Waals surface area contributed by atoms with E-state index in [2.05, 4.69) is 15.3 Å². The first-order valence-electron chi connectivity index (χ1n) is 9.70. The van der Waals surface area contributed by atoms with Crippen LogP contribution < -0.4 is 5.32 Å². The molecule has 4 rings (SSSR count). The van der Waals surface area contributed by atoms with Gasteiger partial charge in [0.2, 0.25) is 5.91 Å². The zero-order chi connectivity index (χ0) is 18.6. The Morgan fingerprint density at radius 3 is 2.74 bits per heavy atom. The van der Waals surface area contributed by atoms with Gasteiger partial charge in [-0.15, -0.1) is 11.3 Å². The number of carbonyl (C=O) groups excluding carboxylic acids is 2. The second kappa shape index (κ2) is 8.17. The molecule has 0 unspecified atom stereocenters. The van der Waals surface area contributed by atoms with Gasteiger partial charge >= 0.3 is 0 Å². The lowest BCUT2D eigenvalue weighted by Crippen LogP contribution is -2.37. The molecule has 2 aromatic rings. The fraction of sp³-hybridized carbons (Fsp3) is 0.500. The average Bonchev–Trinajstić information content (AvgIpc) is 3.40. The van der Waals surface area contributed by atoms with E-state index < -0.39 is 0 Å². The van der Waals surface area contributed by atoms with Gasteiger partial charge in [0.1, 0.15) is 5.69 Å². The van der Waals surface area contributed by atoms with E-state index in [4.69, 9.17) is 0 Å². The first kappa shape index (κ1) is 18.1. The first-order chi connectivity index (χ1) is 13.2. The molecule has 27 heavy (non-hydrogen) atoms. The lowest BCUT2D eigenvalue weighted by molar-refractivity contribution is -0.137. The molecule has 1 saturated carbocycles. The third kappa shape index (κ3) is 4.03. The van der Waals surface area contributed by atoms with E-state index in [9.17, 15) is 9.59 Å². The van der Waals surface area contributed by atoms with Crippen LogP contribution in [0.3, 0.4) is 0 Å². The highest BCUT2D eigenvalue weighted by molar-refractivity contribution is 7.13. The summed E-state index contributed by atoms with van der Waals surface area (Å²) in [6.45, 7) is 0.789. The fourth-order valence-corrected chi connectivity index (χ4v) is 4.66. The molecule has 0 spiro atoms. The molecule has 0 aromatic carbocycles. The van der Waals surface area contributed by atoms with Crippen molar-refractivity contribution in [1.82, 2.24) is 14.9 Å². The van der Waals surface area contributed by atoms with E-state index in [1.165, 1.54) is 17.8 Å². The van der Waals surface area contributed by atoms with Crippen molar-refractivity contribution in [2.45, 2.75) is 51.0 Å². The van der Waals surface area contributed by atoms with Crippen molar-refractivity contribution in [3.8, 4) is 0 Å². The van der Waals surface area contributed by atoms with Crippen molar-refractivity contribution in [1.29, 1.82) is 0 Å². The first-order valence-corrected chi connectivity index (χ1v) is 10.6. The number of nitrogens with zero attached hydrogens (tertiary/aromatic N) is 3. The van der Waals surface area contributed by atoms with E-state index in [1.807, 2.05) is 22.4 Å². The van der Waals surface area contributed by atoms with Crippen LogP contribution in [0.15, 0.2) is 29.8 Å². The number of carbonyl (C=O) groups is 2. The van der Waals surface area contributed by atoms with Gasteiger partial charge in [-0.2, -0.15) is 0 Å². The number of aromatic nitrogens is 2. The Morgan fingerprint density at radius 1 is 1.11 bits per heavy atom. The molecular formula is C20H24N4O2S. The minimum Gasteiger partial charge on any atom is -0.334 e. The number of amides is 2. The monoisotopic (exact) mass is 384 g/mol. The van der Waals surface area contributed by atoms with E-state index in [1.54, 1.807) is 12.3 Å². The number of hydrogen-bond acceptors (Lipinski definition) is 5. The van der Waals surface area contributed by atoms with Gasteiger partial charge in [-0.3, -0.25) is 14.9 Å². The summed E-state index contributed by atoms with van der Waals surface area (Å²) in [6, 6.07) is 5.46. The maximum absolute atomic E-state index is 13.0. The normalized spacial score (nSPS) is 20.6. The van der Waals surface area contributed by atoms with Gasteiger partial charge in [0.15, 0.2) is 5.13 Å². The van der Waals surface area contributed by atoms with Crippen LogP contribution in [0.4, 0.5) is 5.13 Å². The van der Waals surface area contributed by atoms with E-state index >= 15 is 0 Å². The summed E-state index contributed by atoms with van der Waals surface area (Å²) in [4.78, 5) is 36.1. The molecule has 1 aliphatic carbocycles. The Balaban J connectivity index is 1.50. The Bertz CT molecular complexity index is 802. The number of hydrogen-bond donors (Lipinski definition) is 1. The van der Waals surface area contributed by atoms with Crippen LogP contribution in [0.2, 0.25) is 0 Å². The number of anilines is 1. The van der Waals surface area contributed by atoms with Gasteiger partial charge in [0.25, 0.3) is 5.91 Å². The maximum Gasteiger partial charge on any atom is 0.276 e. The van der Waals surface area contributed by atoms with Crippen molar-refractivity contribution in [3.05, 3.63) is 41.2 Å². The van der Waals surface area contributed by atoms with Crippen LogP contribution in [-0.2, 0) is 4.79 Å². The molecule has 0 radical (unpaired) electrons. The number of thiazole rings is 1. The van der Waals surface area contributed by atoms with Gasteiger partial charge in [0, 0.05) is 24.0 Å². The summed E-state index contributed by atoms with van der Waals surface area (Å²) in [7, 11) is 0. The molecule has 1 aliphatic heterocycles. The second-order valence-electron chi connectivity index (χ2n) is 7.26. The molecule has 7 heteroatoms. The van der Waals surface area contributed by atoms with Gasteiger partial charge < -0.3 is 4.90 Å². The zero-order valence-corrected chi connectivity index (χ0v) is 16.1. The van der Waals surface area contributed by atoms with Crippen LogP contribution in [0.1, 0.15) is 67.2 Å². The SMILES string of the molecule is O=C(Nc1nccs1)c1cccc([C@H]2CCCN2C(=O)C2CCCCC2)n1. The summed E-state index contributed by atoms with van der Waals surface area (Å²) >= 11 is 1.37. The molecule has 2 amide bonds. The average molecular weight is 385 g/mol. The highest BCUT2D eigenvalue weighted by Gasteiger charge is 2.35. The van der Waals surface area contributed by atoms with Crippen molar-refractivity contribution in [3.63, 3.8) is 0 Å². The molecule has 2 aromatic heterocycles. The lowest BCUT2D eigenvalue weighted by Gasteiger charge is -2.30. The molecule has 1 atom stereocenters. The highest BCUT2D eigenvalue weighted by Crippen LogP contribution is 2.35. The molecule has 3 heterocycles. The fourth-order valence-electron chi connectivity index (χ4n) is 4.13. The minimum absolute atomic E-state index is 0.0213. The van der Waals surface area contributed by atoms with Crippen molar-refractivity contribution in [2.75, 3.05) is 11.9 Å². The Labute approximate surface area is 163 Å². The van der Waals surface area contributed by atoms with Crippen molar-refractivity contribution < 1.29 is 9.59 Å². The van der Waals surface area contributed by atoms with Crippen LogP contribution in [0.25, 0.3) is 0 Å². The minimum atomic E-state index is -0.269. The Morgan fingerprint density at radius 2 is 1.96 bits per heavy atom. The third-order valence-corrected chi connectivity index (χ3v) is 6.18. The van der Waals surface area contributed by atoms with Crippen LogP contribution in [-0.4, -0.2) is 33.2 Å². The van der Waals surface area contributed by atoms with E-state index in [0.29, 0.717) is 10.8 Å². The summed E-state index contributed by atoms with van der Waals surface area (Å²) in [6.07, 6.45) is 9.10. The highest BCUT2D eigenvalue weighted by atomic mass is 32.1. The van der Waals surface area contributed by atoms with Gasteiger partial charge in [-0.05, 0) is 37.8 Å². The van der Waals surface area contributed by atoms with Crippen molar-refractivity contribution >= 4 is 28.3 Å². The van der Waals surface area contributed by atoms with Crippen LogP contribution in [0, 0.1) is 5.92 Å². The van der Waals surface area contributed by atoms with Gasteiger partial charge in [-0.25, -0.2) is 9.97 Å². The Hall–Kier alpha value is -2.28. The third-order valence-electron chi connectivity index (χ3n) is 5.49. The summed E-state index contributed by atoms with van der Waals surface area (Å²) < 4.78 is 0. The largest absolute Gasteiger partial charge is 0.334 e. The van der Waals surface area contributed by atoms with Crippen molar-refractivity contribution in [2.24, 2.45) is 5.92 Å². The predicted octanol–water partition coefficient (Wildman–Crippen LogP) is 4.03. The molecule has 142 valence electrons. The molecule has 1 saturated heterocycles. The smallest absolute Gasteiger partial charge is 0.276 e. The summed E-state index contributed by atoms with van der Waals surface area (Å²) in [5.74, 6) is 0.169. The summed E-state index contributed by atoms with van der Waals surface area (Å²) in [5, 5.41) is 5.14. The number of nitrogens with one attached hydrogen (secondary N) is 1. The molecular weight excluding hydrogens is 360 g/mol. The topological polar surface area (TPSA) is 75.2 Å².